The number of ether oxygens (including phenoxy) is 1. The fraction of sp³-hybridized carbons (Fsp3) is 0.188. The van der Waals surface area contributed by atoms with E-state index in [1.54, 1.807) is 56.6 Å². The van der Waals surface area contributed by atoms with Crippen LogP contribution in [0.2, 0.25) is 0 Å². The van der Waals surface area contributed by atoms with Gasteiger partial charge in [-0.25, -0.2) is 9.18 Å². The van der Waals surface area contributed by atoms with Crippen molar-refractivity contribution >= 4 is 11.7 Å². The summed E-state index contributed by atoms with van der Waals surface area (Å²) in [6.45, 7) is 0.203. The summed E-state index contributed by atoms with van der Waals surface area (Å²) in [6, 6.07) is 13.1. The van der Waals surface area contributed by atoms with Gasteiger partial charge in [-0.2, -0.15) is 0 Å². The number of hydrogen-bond acceptors (Lipinski definition) is 2. The summed E-state index contributed by atoms with van der Waals surface area (Å²) in [5.74, 6) is 0.398. The van der Waals surface area contributed by atoms with E-state index < -0.39 is 0 Å². The highest BCUT2D eigenvalue weighted by molar-refractivity contribution is 5.89. The molecule has 0 aliphatic heterocycles. The van der Waals surface area contributed by atoms with Gasteiger partial charge < -0.3 is 15.0 Å². The summed E-state index contributed by atoms with van der Waals surface area (Å²) < 4.78 is 18.6. The summed E-state index contributed by atoms with van der Waals surface area (Å²) in [5, 5.41) is 2.74. The van der Waals surface area contributed by atoms with Gasteiger partial charge in [0.2, 0.25) is 0 Å². The van der Waals surface area contributed by atoms with Crippen molar-refractivity contribution in [1.82, 2.24) is 4.90 Å². The van der Waals surface area contributed by atoms with Gasteiger partial charge in [0.05, 0.1) is 7.11 Å². The molecule has 1 N–H and O–H groups in total. The molecule has 0 aliphatic rings. The number of carbonyl (C=O) groups excluding carboxylic acids is 1. The molecule has 0 saturated heterocycles. The van der Waals surface area contributed by atoms with Gasteiger partial charge in [0.15, 0.2) is 0 Å². The van der Waals surface area contributed by atoms with Crippen LogP contribution in [0.15, 0.2) is 48.5 Å². The van der Waals surface area contributed by atoms with Crippen molar-refractivity contribution in [2.75, 3.05) is 19.5 Å². The van der Waals surface area contributed by atoms with E-state index in [0.717, 1.165) is 0 Å². The number of anilines is 1. The smallest absolute Gasteiger partial charge is 0.321 e. The van der Waals surface area contributed by atoms with Gasteiger partial charge in [-0.15, -0.1) is 0 Å². The van der Waals surface area contributed by atoms with Crippen LogP contribution in [0.1, 0.15) is 5.56 Å². The Morgan fingerprint density at radius 2 is 1.86 bits per heavy atom. The third-order valence-corrected chi connectivity index (χ3v) is 3.05. The summed E-state index contributed by atoms with van der Waals surface area (Å²) in [6.07, 6.45) is 0. The zero-order valence-corrected chi connectivity index (χ0v) is 12.0. The molecular weight excluding hydrogens is 271 g/mol. The van der Waals surface area contributed by atoms with Gasteiger partial charge in [0.25, 0.3) is 0 Å². The molecule has 0 spiro atoms. The normalized spacial score (nSPS) is 10.0. The topological polar surface area (TPSA) is 41.6 Å². The molecule has 5 heteroatoms. The lowest BCUT2D eigenvalue weighted by molar-refractivity contribution is 0.220. The predicted octanol–water partition coefficient (Wildman–Crippen LogP) is 3.50. The van der Waals surface area contributed by atoms with E-state index in [0.29, 0.717) is 17.0 Å². The first-order chi connectivity index (χ1) is 10.1. The monoisotopic (exact) mass is 288 g/mol. The number of amides is 2. The van der Waals surface area contributed by atoms with Gasteiger partial charge in [0.1, 0.15) is 11.6 Å². The van der Waals surface area contributed by atoms with Crippen molar-refractivity contribution in [3.05, 3.63) is 59.9 Å². The lowest BCUT2D eigenvalue weighted by atomic mass is 10.2. The Bertz CT molecular complexity index is 614. The number of urea groups is 1. The Morgan fingerprint density at radius 3 is 2.48 bits per heavy atom. The number of rotatable bonds is 4. The second kappa shape index (κ2) is 6.74. The second-order valence-corrected chi connectivity index (χ2v) is 4.61. The summed E-state index contributed by atoms with van der Waals surface area (Å²) in [5.41, 5.74) is 1.13. The highest BCUT2D eigenvalue weighted by atomic mass is 19.1. The van der Waals surface area contributed by atoms with Crippen LogP contribution < -0.4 is 10.1 Å². The van der Waals surface area contributed by atoms with E-state index in [1.807, 2.05) is 0 Å². The quantitative estimate of drug-likeness (QED) is 0.935. The maximum Gasteiger partial charge on any atom is 0.321 e. The van der Waals surface area contributed by atoms with Gasteiger partial charge in [0, 0.05) is 24.8 Å². The van der Waals surface area contributed by atoms with E-state index in [1.165, 1.54) is 11.0 Å². The van der Waals surface area contributed by atoms with E-state index in [9.17, 15) is 9.18 Å². The van der Waals surface area contributed by atoms with E-state index in [2.05, 4.69) is 5.32 Å². The minimum Gasteiger partial charge on any atom is -0.497 e. The standard InChI is InChI=1S/C16H17FN2O2/c1-19(11-12-5-3-4-6-15(12)17)16(20)18-13-7-9-14(21-2)10-8-13/h3-10H,11H2,1-2H3,(H,18,20). The average Bonchev–Trinajstić information content (AvgIpc) is 2.50. The molecule has 110 valence electrons. The molecule has 0 radical (unpaired) electrons. The third kappa shape index (κ3) is 3.95. The minimum absolute atomic E-state index is 0.203. The van der Waals surface area contributed by atoms with E-state index in [-0.39, 0.29) is 18.4 Å². The molecule has 21 heavy (non-hydrogen) atoms. The van der Waals surface area contributed by atoms with Crippen LogP contribution in [0, 0.1) is 5.82 Å². The molecular formula is C16H17FN2O2. The highest BCUT2D eigenvalue weighted by Gasteiger charge is 2.11. The lowest BCUT2D eigenvalue weighted by Gasteiger charge is -2.18. The molecule has 0 bridgehead atoms. The number of nitrogens with zero attached hydrogens (tertiary/aromatic N) is 1. The zero-order chi connectivity index (χ0) is 15.2. The maximum atomic E-state index is 13.6. The SMILES string of the molecule is COc1ccc(NC(=O)N(C)Cc2ccccc2F)cc1. The van der Waals surface area contributed by atoms with Crippen LogP contribution in [0.4, 0.5) is 14.9 Å². The van der Waals surface area contributed by atoms with Crippen molar-refractivity contribution in [2.45, 2.75) is 6.54 Å². The van der Waals surface area contributed by atoms with E-state index in [4.69, 9.17) is 4.74 Å². The molecule has 2 rings (SSSR count). The molecule has 0 atom stereocenters. The Kier molecular flexibility index (Phi) is 4.77. The van der Waals surface area contributed by atoms with Gasteiger partial charge in [-0.05, 0) is 30.3 Å². The molecule has 0 fully saturated rings. The van der Waals surface area contributed by atoms with Gasteiger partial charge in [-0.3, -0.25) is 0 Å². The van der Waals surface area contributed by atoms with Crippen molar-refractivity contribution in [1.29, 1.82) is 0 Å². The lowest BCUT2D eigenvalue weighted by Crippen LogP contribution is -2.31. The number of methoxy groups -OCH3 is 1. The highest BCUT2D eigenvalue weighted by Crippen LogP contribution is 2.16. The first-order valence-corrected chi connectivity index (χ1v) is 6.49. The van der Waals surface area contributed by atoms with Gasteiger partial charge >= 0.3 is 6.03 Å². The number of halogens is 1. The summed E-state index contributed by atoms with van der Waals surface area (Å²) in [4.78, 5) is 13.5. The Hall–Kier alpha value is -2.56. The van der Waals surface area contributed by atoms with Crippen molar-refractivity contribution < 1.29 is 13.9 Å². The van der Waals surface area contributed by atoms with Crippen LogP contribution in [0.25, 0.3) is 0 Å². The van der Waals surface area contributed by atoms with Gasteiger partial charge in [-0.1, -0.05) is 18.2 Å². The molecule has 0 heterocycles. The minimum atomic E-state index is -0.318. The van der Waals surface area contributed by atoms with Crippen molar-refractivity contribution in [3.63, 3.8) is 0 Å². The Labute approximate surface area is 123 Å². The molecule has 2 aromatic carbocycles. The molecule has 2 amide bonds. The van der Waals surface area contributed by atoms with Crippen LogP contribution in [-0.2, 0) is 6.54 Å². The zero-order valence-electron chi connectivity index (χ0n) is 12.0. The first-order valence-electron chi connectivity index (χ1n) is 6.49. The molecule has 2 aromatic rings. The fourth-order valence-corrected chi connectivity index (χ4v) is 1.85. The number of nitrogens with one attached hydrogen (secondary N) is 1. The van der Waals surface area contributed by atoms with E-state index >= 15 is 0 Å². The first kappa shape index (κ1) is 14.8. The Morgan fingerprint density at radius 1 is 1.19 bits per heavy atom. The molecule has 0 aromatic heterocycles. The van der Waals surface area contributed by atoms with Crippen LogP contribution in [0.3, 0.4) is 0 Å². The molecule has 4 nitrogen and oxygen atoms in total. The summed E-state index contributed by atoms with van der Waals surface area (Å²) in [7, 11) is 3.20. The van der Waals surface area contributed by atoms with Crippen molar-refractivity contribution in [2.24, 2.45) is 0 Å². The molecule has 0 unspecified atom stereocenters. The fourth-order valence-electron chi connectivity index (χ4n) is 1.85. The maximum absolute atomic E-state index is 13.6. The van der Waals surface area contributed by atoms with Crippen LogP contribution in [-0.4, -0.2) is 25.1 Å². The largest absolute Gasteiger partial charge is 0.497 e. The predicted molar refractivity (Wildman–Crippen MR) is 79.9 cm³/mol. The Balaban J connectivity index is 1.97. The molecule has 0 aliphatic carbocycles. The van der Waals surface area contributed by atoms with Crippen LogP contribution in [0.5, 0.6) is 5.75 Å². The number of hydrogen-bond donors (Lipinski definition) is 1. The summed E-state index contributed by atoms with van der Waals surface area (Å²) >= 11 is 0. The van der Waals surface area contributed by atoms with Crippen LogP contribution >= 0.6 is 0 Å². The molecule has 0 saturated carbocycles. The number of carbonyl (C=O) groups is 1. The average molecular weight is 288 g/mol. The third-order valence-electron chi connectivity index (χ3n) is 3.05. The second-order valence-electron chi connectivity index (χ2n) is 4.61. The number of benzene rings is 2. The van der Waals surface area contributed by atoms with Crippen molar-refractivity contribution in [3.8, 4) is 5.75 Å².